The zero-order valence-electron chi connectivity index (χ0n) is 9.69. The molecular weight excluding hydrogens is 248 g/mol. The van der Waals surface area contributed by atoms with Crippen LogP contribution in [-0.4, -0.2) is 5.91 Å². The highest BCUT2D eigenvalue weighted by atomic mass is 35.5. The average Bonchev–Trinajstić information content (AvgIpc) is 2.38. The van der Waals surface area contributed by atoms with Crippen LogP contribution in [-0.2, 0) is 6.54 Å². The molecule has 0 heterocycles. The van der Waals surface area contributed by atoms with Gasteiger partial charge in [0.2, 0.25) is 5.91 Å². The summed E-state index contributed by atoms with van der Waals surface area (Å²) in [4.78, 5) is 11.1. The first-order valence-electron chi connectivity index (χ1n) is 5.54. The Balaban J connectivity index is 2.09. The van der Waals surface area contributed by atoms with Crippen LogP contribution in [0.25, 0.3) is 0 Å². The molecule has 0 fully saturated rings. The molecule has 0 saturated carbocycles. The fourth-order valence-electron chi connectivity index (χ4n) is 1.64. The van der Waals surface area contributed by atoms with E-state index in [0.29, 0.717) is 17.1 Å². The van der Waals surface area contributed by atoms with Gasteiger partial charge < -0.3 is 11.1 Å². The second-order valence-electron chi connectivity index (χ2n) is 3.90. The number of carbonyl (C=O) groups is 1. The van der Waals surface area contributed by atoms with E-state index in [9.17, 15) is 4.79 Å². The van der Waals surface area contributed by atoms with Gasteiger partial charge in [-0.2, -0.15) is 0 Å². The van der Waals surface area contributed by atoms with E-state index >= 15 is 0 Å². The maximum absolute atomic E-state index is 11.1. The van der Waals surface area contributed by atoms with Gasteiger partial charge in [0.15, 0.2) is 0 Å². The summed E-state index contributed by atoms with van der Waals surface area (Å²) in [5.74, 6) is -0.422. The topological polar surface area (TPSA) is 55.1 Å². The molecule has 0 saturated heterocycles. The van der Waals surface area contributed by atoms with Crippen LogP contribution in [0.15, 0.2) is 48.5 Å². The van der Waals surface area contributed by atoms with Crippen LogP contribution in [0.5, 0.6) is 0 Å². The summed E-state index contributed by atoms with van der Waals surface area (Å²) in [7, 11) is 0. The van der Waals surface area contributed by atoms with Crippen molar-refractivity contribution < 1.29 is 4.79 Å². The lowest BCUT2D eigenvalue weighted by molar-refractivity contribution is 0.1000. The van der Waals surface area contributed by atoms with E-state index in [0.717, 1.165) is 11.3 Å². The second-order valence-corrected chi connectivity index (χ2v) is 4.31. The summed E-state index contributed by atoms with van der Waals surface area (Å²) in [6.07, 6.45) is 0. The summed E-state index contributed by atoms with van der Waals surface area (Å²) in [5.41, 5.74) is 7.58. The van der Waals surface area contributed by atoms with Crippen molar-refractivity contribution in [2.75, 3.05) is 5.32 Å². The van der Waals surface area contributed by atoms with Crippen molar-refractivity contribution in [2.24, 2.45) is 5.73 Å². The number of rotatable bonds is 4. The van der Waals surface area contributed by atoms with E-state index in [-0.39, 0.29) is 0 Å². The van der Waals surface area contributed by atoms with Gasteiger partial charge in [-0.15, -0.1) is 0 Å². The summed E-state index contributed by atoms with van der Waals surface area (Å²) in [5, 5.41) is 3.88. The van der Waals surface area contributed by atoms with Crippen molar-refractivity contribution in [1.82, 2.24) is 0 Å². The van der Waals surface area contributed by atoms with E-state index in [1.54, 1.807) is 12.1 Å². The average molecular weight is 261 g/mol. The zero-order valence-corrected chi connectivity index (χ0v) is 10.4. The van der Waals surface area contributed by atoms with E-state index < -0.39 is 5.91 Å². The van der Waals surface area contributed by atoms with Crippen LogP contribution >= 0.6 is 11.6 Å². The number of hydrogen-bond donors (Lipinski definition) is 2. The molecule has 3 N–H and O–H groups in total. The molecule has 0 aliphatic heterocycles. The molecular formula is C14H13ClN2O. The van der Waals surface area contributed by atoms with Gasteiger partial charge in [-0.3, -0.25) is 4.79 Å². The number of nitrogens with two attached hydrogens (primary N) is 1. The summed E-state index contributed by atoms with van der Waals surface area (Å²) < 4.78 is 0. The number of halogens is 1. The van der Waals surface area contributed by atoms with Gasteiger partial charge in [-0.25, -0.2) is 0 Å². The Bertz CT molecular complexity index is 569. The van der Waals surface area contributed by atoms with Crippen LogP contribution in [0.3, 0.4) is 0 Å². The van der Waals surface area contributed by atoms with Crippen LogP contribution in [0.2, 0.25) is 5.02 Å². The zero-order chi connectivity index (χ0) is 13.0. The lowest BCUT2D eigenvalue weighted by Gasteiger charge is -2.08. The lowest BCUT2D eigenvalue weighted by Crippen LogP contribution is -2.11. The summed E-state index contributed by atoms with van der Waals surface area (Å²) >= 11 is 6.04. The Morgan fingerprint density at radius 2 is 1.94 bits per heavy atom. The largest absolute Gasteiger partial charge is 0.380 e. The minimum absolute atomic E-state index is 0.422. The van der Waals surface area contributed by atoms with Gasteiger partial charge in [-0.1, -0.05) is 35.9 Å². The molecule has 0 aromatic heterocycles. The molecule has 0 aliphatic rings. The third-order valence-corrected chi connectivity index (χ3v) is 2.90. The summed E-state index contributed by atoms with van der Waals surface area (Å²) in [6.45, 7) is 0.588. The molecule has 0 spiro atoms. The van der Waals surface area contributed by atoms with Crippen molar-refractivity contribution >= 4 is 23.2 Å². The van der Waals surface area contributed by atoms with Gasteiger partial charge in [0.05, 0.1) is 10.7 Å². The summed E-state index contributed by atoms with van der Waals surface area (Å²) in [6, 6.07) is 14.7. The molecule has 0 bridgehead atoms. The Hall–Kier alpha value is -2.00. The maximum Gasteiger partial charge on any atom is 0.248 e. The van der Waals surface area contributed by atoms with Gasteiger partial charge in [-0.05, 0) is 29.8 Å². The van der Waals surface area contributed by atoms with Crippen molar-refractivity contribution in [3.05, 3.63) is 64.7 Å². The van der Waals surface area contributed by atoms with Crippen LogP contribution in [0.4, 0.5) is 5.69 Å². The Morgan fingerprint density at radius 3 is 2.67 bits per heavy atom. The van der Waals surface area contributed by atoms with Crippen LogP contribution < -0.4 is 11.1 Å². The van der Waals surface area contributed by atoms with E-state index in [4.69, 9.17) is 17.3 Å². The number of amides is 1. The molecule has 2 aromatic rings. The SMILES string of the molecule is NC(=O)c1cccc(CNc2ccccc2Cl)c1. The highest BCUT2D eigenvalue weighted by Gasteiger charge is 2.02. The fraction of sp³-hybridized carbons (Fsp3) is 0.0714. The molecule has 0 atom stereocenters. The van der Waals surface area contributed by atoms with Crippen molar-refractivity contribution in [3.8, 4) is 0 Å². The van der Waals surface area contributed by atoms with Crippen molar-refractivity contribution in [2.45, 2.75) is 6.54 Å². The molecule has 18 heavy (non-hydrogen) atoms. The smallest absolute Gasteiger partial charge is 0.248 e. The fourth-order valence-corrected chi connectivity index (χ4v) is 1.84. The first kappa shape index (κ1) is 12.5. The monoisotopic (exact) mass is 260 g/mol. The highest BCUT2D eigenvalue weighted by Crippen LogP contribution is 2.21. The second kappa shape index (κ2) is 5.56. The molecule has 2 aromatic carbocycles. The minimum atomic E-state index is -0.422. The van der Waals surface area contributed by atoms with Gasteiger partial charge >= 0.3 is 0 Å². The Kier molecular flexibility index (Phi) is 3.85. The number of primary amides is 1. The third kappa shape index (κ3) is 3.02. The molecule has 3 nitrogen and oxygen atoms in total. The molecule has 1 amide bonds. The molecule has 92 valence electrons. The Morgan fingerprint density at radius 1 is 1.17 bits per heavy atom. The molecule has 0 unspecified atom stereocenters. The van der Waals surface area contributed by atoms with Crippen molar-refractivity contribution in [1.29, 1.82) is 0 Å². The highest BCUT2D eigenvalue weighted by molar-refractivity contribution is 6.33. The third-order valence-electron chi connectivity index (χ3n) is 2.57. The number of anilines is 1. The lowest BCUT2D eigenvalue weighted by atomic mass is 10.1. The number of benzene rings is 2. The van der Waals surface area contributed by atoms with Gasteiger partial charge in [0, 0.05) is 12.1 Å². The number of para-hydroxylation sites is 1. The molecule has 0 radical (unpaired) electrons. The first-order valence-corrected chi connectivity index (χ1v) is 5.92. The van der Waals surface area contributed by atoms with E-state index in [2.05, 4.69) is 5.32 Å². The first-order chi connectivity index (χ1) is 8.66. The van der Waals surface area contributed by atoms with Gasteiger partial charge in [0.25, 0.3) is 0 Å². The van der Waals surface area contributed by atoms with E-state index in [1.165, 1.54) is 0 Å². The van der Waals surface area contributed by atoms with Crippen LogP contribution in [0, 0.1) is 0 Å². The number of nitrogens with one attached hydrogen (secondary N) is 1. The maximum atomic E-state index is 11.1. The predicted molar refractivity (Wildman–Crippen MR) is 73.7 cm³/mol. The minimum Gasteiger partial charge on any atom is -0.380 e. The molecule has 4 heteroatoms. The van der Waals surface area contributed by atoms with Crippen molar-refractivity contribution in [3.63, 3.8) is 0 Å². The Labute approximate surface area is 111 Å². The number of carbonyl (C=O) groups excluding carboxylic acids is 1. The van der Waals surface area contributed by atoms with Crippen LogP contribution in [0.1, 0.15) is 15.9 Å². The van der Waals surface area contributed by atoms with E-state index in [1.807, 2.05) is 36.4 Å². The predicted octanol–water partition coefficient (Wildman–Crippen LogP) is 3.05. The number of hydrogen-bond acceptors (Lipinski definition) is 2. The standard InChI is InChI=1S/C14H13ClN2O/c15-12-6-1-2-7-13(12)17-9-10-4-3-5-11(8-10)14(16)18/h1-8,17H,9H2,(H2,16,18). The normalized spacial score (nSPS) is 10.1. The quantitative estimate of drug-likeness (QED) is 0.888. The molecule has 2 rings (SSSR count). The van der Waals surface area contributed by atoms with Gasteiger partial charge in [0.1, 0.15) is 0 Å². The molecule has 0 aliphatic carbocycles.